The number of aliphatic hydroxyl groups excluding tert-OH is 1. The SMILES string of the molecule is CC(O)c1ccc(NC(=O)N(C)CC(F)(F)F)cc1. The van der Waals surface area contributed by atoms with E-state index in [-0.39, 0.29) is 0 Å². The summed E-state index contributed by atoms with van der Waals surface area (Å²) in [6.07, 6.45) is -5.07. The topological polar surface area (TPSA) is 52.6 Å². The number of rotatable bonds is 3. The molecular weight excluding hydrogens is 261 g/mol. The van der Waals surface area contributed by atoms with Crippen molar-refractivity contribution in [2.45, 2.75) is 19.2 Å². The lowest BCUT2D eigenvalue weighted by atomic mass is 10.1. The van der Waals surface area contributed by atoms with Crippen LogP contribution in [0.4, 0.5) is 23.7 Å². The summed E-state index contributed by atoms with van der Waals surface area (Å²) in [7, 11) is 1.06. The summed E-state index contributed by atoms with van der Waals surface area (Å²) >= 11 is 0. The van der Waals surface area contributed by atoms with E-state index in [1.807, 2.05) is 0 Å². The van der Waals surface area contributed by atoms with Crippen LogP contribution in [0.1, 0.15) is 18.6 Å². The molecule has 0 bridgehead atoms. The molecule has 7 heteroatoms. The normalized spacial score (nSPS) is 12.9. The monoisotopic (exact) mass is 276 g/mol. The number of hydrogen-bond donors (Lipinski definition) is 2. The number of carbonyl (C=O) groups is 1. The fourth-order valence-corrected chi connectivity index (χ4v) is 1.40. The zero-order valence-corrected chi connectivity index (χ0v) is 10.5. The van der Waals surface area contributed by atoms with Gasteiger partial charge in [0.2, 0.25) is 0 Å². The second kappa shape index (κ2) is 5.92. The quantitative estimate of drug-likeness (QED) is 0.892. The minimum Gasteiger partial charge on any atom is -0.389 e. The maximum atomic E-state index is 12.1. The van der Waals surface area contributed by atoms with Crippen LogP contribution in [0, 0.1) is 0 Å². The Hall–Kier alpha value is -1.76. The van der Waals surface area contributed by atoms with E-state index in [2.05, 4.69) is 5.32 Å². The number of nitrogens with one attached hydrogen (secondary N) is 1. The first-order valence-corrected chi connectivity index (χ1v) is 5.56. The van der Waals surface area contributed by atoms with E-state index in [4.69, 9.17) is 0 Å². The van der Waals surface area contributed by atoms with Gasteiger partial charge in [-0.2, -0.15) is 13.2 Å². The zero-order valence-electron chi connectivity index (χ0n) is 10.5. The van der Waals surface area contributed by atoms with Gasteiger partial charge in [-0.1, -0.05) is 12.1 Å². The van der Waals surface area contributed by atoms with Gasteiger partial charge in [-0.25, -0.2) is 4.79 Å². The molecule has 4 nitrogen and oxygen atoms in total. The number of amides is 2. The van der Waals surface area contributed by atoms with Crippen molar-refractivity contribution in [3.63, 3.8) is 0 Å². The van der Waals surface area contributed by atoms with E-state index < -0.39 is 24.9 Å². The molecule has 1 aromatic rings. The molecule has 0 spiro atoms. The molecule has 0 aliphatic carbocycles. The molecule has 0 aliphatic heterocycles. The third-order valence-electron chi connectivity index (χ3n) is 2.41. The maximum absolute atomic E-state index is 12.1. The van der Waals surface area contributed by atoms with Crippen LogP contribution >= 0.6 is 0 Å². The van der Waals surface area contributed by atoms with E-state index >= 15 is 0 Å². The molecule has 0 aliphatic rings. The van der Waals surface area contributed by atoms with Gasteiger partial charge in [-0.15, -0.1) is 0 Å². The number of alkyl halides is 3. The van der Waals surface area contributed by atoms with Crippen LogP contribution in [0.2, 0.25) is 0 Å². The second-order valence-electron chi connectivity index (χ2n) is 4.20. The molecule has 0 heterocycles. The van der Waals surface area contributed by atoms with Crippen LogP contribution in [-0.2, 0) is 0 Å². The first-order valence-electron chi connectivity index (χ1n) is 5.56. The summed E-state index contributed by atoms with van der Waals surface area (Å²) in [6.45, 7) is 0.273. The van der Waals surface area contributed by atoms with Crippen LogP contribution < -0.4 is 5.32 Å². The van der Waals surface area contributed by atoms with Gasteiger partial charge < -0.3 is 15.3 Å². The first-order chi connectivity index (χ1) is 8.69. The number of anilines is 1. The van der Waals surface area contributed by atoms with Gasteiger partial charge in [-0.05, 0) is 24.6 Å². The highest BCUT2D eigenvalue weighted by atomic mass is 19.4. The summed E-state index contributed by atoms with van der Waals surface area (Å²) < 4.78 is 36.3. The second-order valence-corrected chi connectivity index (χ2v) is 4.20. The molecule has 0 fully saturated rings. The third-order valence-corrected chi connectivity index (χ3v) is 2.41. The van der Waals surface area contributed by atoms with E-state index in [1.165, 1.54) is 12.1 Å². The first kappa shape index (κ1) is 15.3. The predicted molar refractivity (Wildman–Crippen MR) is 64.8 cm³/mol. The number of urea groups is 1. The number of carbonyl (C=O) groups excluding carboxylic acids is 1. The Morgan fingerprint density at radius 1 is 1.37 bits per heavy atom. The summed E-state index contributed by atoms with van der Waals surface area (Å²) in [5, 5.41) is 11.6. The van der Waals surface area contributed by atoms with E-state index in [0.717, 1.165) is 7.05 Å². The molecule has 1 rings (SSSR count). The molecule has 0 radical (unpaired) electrons. The highest BCUT2D eigenvalue weighted by Gasteiger charge is 2.31. The van der Waals surface area contributed by atoms with Crippen molar-refractivity contribution in [3.05, 3.63) is 29.8 Å². The van der Waals surface area contributed by atoms with Crippen LogP contribution in [0.5, 0.6) is 0 Å². The lowest BCUT2D eigenvalue weighted by Crippen LogP contribution is -2.38. The van der Waals surface area contributed by atoms with Gasteiger partial charge in [0.15, 0.2) is 0 Å². The largest absolute Gasteiger partial charge is 0.406 e. The Bertz CT molecular complexity index is 430. The maximum Gasteiger partial charge on any atom is 0.406 e. The number of nitrogens with zero attached hydrogens (tertiary/aromatic N) is 1. The van der Waals surface area contributed by atoms with Crippen molar-refractivity contribution in [2.75, 3.05) is 18.9 Å². The van der Waals surface area contributed by atoms with Gasteiger partial charge in [0.1, 0.15) is 6.54 Å². The average molecular weight is 276 g/mol. The molecule has 0 aromatic heterocycles. The number of benzene rings is 1. The standard InChI is InChI=1S/C12H15F3N2O2/c1-8(18)9-3-5-10(6-4-9)16-11(19)17(2)7-12(13,14)15/h3-6,8,18H,7H2,1-2H3,(H,16,19). The van der Waals surface area contributed by atoms with Crippen molar-refractivity contribution >= 4 is 11.7 Å². The highest BCUT2D eigenvalue weighted by Crippen LogP contribution is 2.18. The molecular formula is C12H15F3N2O2. The van der Waals surface area contributed by atoms with Crippen molar-refractivity contribution in [1.29, 1.82) is 0 Å². The smallest absolute Gasteiger partial charge is 0.389 e. The molecule has 1 aromatic carbocycles. The Labute approximate surface area is 108 Å². The Morgan fingerprint density at radius 3 is 2.32 bits per heavy atom. The van der Waals surface area contributed by atoms with Crippen molar-refractivity contribution in [2.24, 2.45) is 0 Å². The highest BCUT2D eigenvalue weighted by molar-refractivity contribution is 5.89. The van der Waals surface area contributed by atoms with Crippen LogP contribution in [0.25, 0.3) is 0 Å². The summed E-state index contributed by atoms with van der Waals surface area (Å²) in [6, 6.07) is 5.36. The van der Waals surface area contributed by atoms with E-state index in [9.17, 15) is 23.1 Å². The average Bonchev–Trinajstić information content (AvgIpc) is 2.27. The summed E-state index contributed by atoms with van der Waals surface area (Å²) in [5.41, 5.74) is 1.02. The zero-order chi connectivity index (χ0) is 14.6. The number of hydrogen-bond acceptors (Lipinski definition) is 2. The van der Waals surface area contributed by atoms with Crippen LogP contribution in [0.15, 0.2) is 24.3 Å². The summed E-state index contributed by atoms with van der Waals surface area (Å²) in [4.78, 5) is 12.0. The van der Waals surface area contributed by atoms with Crippen LogP contribution in [-0.4, -0.2) is 35.8 Å². The van der Waals surface area contributed by atoms with Gasteiger partial charge in [0.05, 0.1) is 6.10 Å². The van der Waals surface area contributed by atoms with Gasteiger partial charge in [-0.3, -0.25) is 0 Å². The van der Waals surface area contributed by atoms with Crippen molar-refractivity contribution in [1.82, 2.24) is 4.90 Å². The molecule has 2 N–H and O–H groups in total. The Morgan fingerprint density at radius 2 is 1.89 bits per heavy atom. The summed E-state index contributed by atoms with van der Waals surface area (Å²) in [5.74, 6) is 0. The Balaban J connectivity index is 2.61. The van der Waals surface area contributed by atoms with E-state index in [0.29, 0.717) is 16.2 Å². The molecule has 1 atom stereocenters. The molecule has 0 saturated heterocycles. The molecule has 106 valence electrons. The number of aliphatic hydroxyl groups is 1. The van der Waals surface area contributed by atoms with Gasteiger partial charge >= 0.3 is 12.2 Å². The fraction of sp³-hybridized carbons (Fsp3) is 0.417. The van der Waals surface area contributed by atoms with Gasteiger partial charge in [0, 0.05) is 12.7 Å². The molecule has 19 heavy (non-hydrogen) atoms. The number of halogens is 3. The van der Waals surface area contributed by atoms with E-state index in [1.54, 1.807) is 19.1 Å². The Kier molecular flexibility index (Phi) is 4.77. The lowest BCUT2D eigenvalue weighted by molar-refractivity contribution is -0.137. The fourth-order valence-electron chi connectivity index (χ4n) is 1.40. The minimum atomic E-state index is -4.43. The molecule has 2 amide bonds. The molecule has 0 saturated carbocycles. The van der Waals surface area contributed by atoms with Crippen molar-refractivity contribution in [3.8, 4) is 0 Å². The minimum absolute atomic E-state index is 0.364. The van der Waals surface area contributed by atoms with Crippen molar-refractivity contribution < 1.29 is 23.1 Å². The molecule has 1 unspecified atom stereocenters. The third kappa shape index (κ3) is 5.17. The lowest BCUT2D eigenvalue weighted by Gasteiger charge is -2.19. The predicted octanol–water partition coefficient (Wildman–Crippen LogP) is 2.77. The van der Waals surface area contributed by atoms with Crippen LogP contribution in [0.3, 0.4) is 0 Å². The van der Waals surface area contributed by atoms with Gasteiger partial charge in [0.25, 0.3) is 0 Å².